The van der Waals surface area contributed by atoms with Gasteiger partial charge in [0, 0.05) is 5.69 Å². The first-order valence-electron chi connectivity index (χ1n) is 7.40. The van der Waals surface area contributed by atoms with Gasteiger partial charge in [0.1, 0.15) is 12.3 Å². The van der Waals surface area contributed by atoms with E-state index in [1.165, 1.54) is 4.90 Å². The topological polar surface area (TPSA) is 82.4 Å². The van der Waals surface area contributed by atoms with E-state index in [9.17, 15) is 9.59 Å². The van der Waals surface area contributed by atoms with Crippen molar-refractivity contribution in [1.82, 2.24) is 0 Å². The zero-order valence-electron chi connectivity index (χ0n) is 13.1. The number of hydrogen-bond donors (Lipinski definition) is 1. The molecular formula is C18H15N3O3. The van der Waals surface area contributed by atoms with Crippen LogP contribution in [0.5, 0.6) is 5.75 Å². The second kappa shape index (κ2) is 6.42. The molecule has 3 rings (SSSR count). The summed E-state index contributed by atoms with van der Waals surface area (Å²) in [5, 5.41) is 11.6. The summed E-state index contributed by atoms with van der Waals surface area (Å²) in [7, 11) is 0. The van der Waals surface area contributed by atoms with Crippen molar-refractivity contribution < 1.29 is 14.3 Å². The van der Waals surface area contributed by atoms with Crippen LogP contribution in [0.3, 0.4) is 0 Å². The highest BCUT2D eigenvalue weighted by Gasteiger charge is 2.27. The third-order valence-electron chi connectivity index (χ3n) is 3.64. The first-order valence-corrected chi connectivity index (χ1v) is 7.40. The van der Waals surface area contributed by atoms with E-state index in [0.717, 1.165) is 5.56 Å². The normalized spacial score (nSPS) is 12.8. The van der Waals surface area contributed by atoms with E-state index in [1.807, 2.05) is 25.1 Å². The van der Waals surface area contributed by atoms with Gasteiger partial charge in [-0.15, -0.1) is 0 Å². The SMILES string of the molecule is Cc1ccc2c(c1)OCC(=O)N2CC(=O)Nc1cccc(C#N)c1. The molecule has 0 spiro atoms. The van der Waals surface area contributed by atoms with Crippen molar-refractivity contribution in [2.24, 2.45) is 0 Å². The van der Waals surface area contributed by atoms with E-state index in [2.05, 4.69) is 5.32 Å². The Kier molecular flexibility index (Phi) is 4.17. The van der Waals surface area contributed by atoms with Crippen LogP contribution in [0.4, 0.5) is 11.4 Å². The second-order valence-corrected chi connectivity index (χ2v) is 5.48. The molecule has 2 aromatic rings. The van der Waals surface area contributed by atoms with Gasteiger partial charge >= 0.3 is 0 Å². The summed E-state index contributed by atoms with van der Waals surface area (Å²) in [6.45, 7) is 1.72. The lowest BCUT2D eigenvalue weighted by molar-refractivity contribution is -0.123. The van der Waals surface area contributed by atoms with Crippen LogP contribution in [0, 0.1) is 18.3 Å². The summed E-state index contributed by atoms with van der Waals surface area (Å²) in [6, 6.07) is 14.1. The van der Waals surface area contributed by atoms with Crippen LogP contribution in [0.15, 0.2) is 42.5 Å². The molecule has 6 nitrogen and oxygen atoms in total. The molecule has 0 atom stereocenters. The van der Waals surface area contributed by atoms with E-state index in [4.69, 9.17) is 10.00 Å². The molecule has 1 aliphatic heterocycles. The standard InChI is InChI=1S/C18H15N3O3/c1-12-5-6-15-16(7-12)24-11-18(23)21(15)10-17(22)20-14-4-2-3-13(8-14)9-19/h2-8H,10-11H2,1H3,(H,20,22). The maximum atomic E-state index is 12.3. The number of ether oxygens (including phenoxy) is 1. The number of amides is 2. The number of benzene rings is 2. The molecule has 0 bridgehead atoms. The monoisotopic (exact) mass is 321 g/mol. The van der Waals surface area contributed by atoms with E-state index in [0.29, 0.717) is 22.7 Å². The first-order chi connectivity index (χ1) is 11.6. The van der Waals surface area contributed by atoms with Crippen LogP contribution in [0.2, 0.25) is 0 Å². The summed E-state index contributed by atoms with van der Waals surface area (Å²) in [4.78, 5) is 25.8. The maximum Gasteiger partial charge on any atom is 0.265 e. The van der Waals surface area contributed by atoms with Crippen molar-refractivity contribution in [3.8, 4) is 11.8 Å². The Morgan fingerprint density at radius 1 is 1.33 bits per heavy atom. The van der Waals surface area contributed by atoms with Gasteiger partial charge in [-0.3, -0.25) is 14.5 Å². The van der Waals surface area contributed by atoms with Crippen molar-refractivity contribution in [2.45, 2.75) is 6.92 Å². The Morgan fingerprint density at radius 2 is 2.17 bits per heavy atom. The Bertz CT molecular complexity index is 855. The van der Waals surface area contributed by atoms with Crippen molar-refractivity contribution in [1.29, 1.82) is 5.26 Å². The lowest BCUT2D eigenvalue weighted by Crippen LogP contribution is -2.43. The van der Waals surface area contributed by atoms with Gasteiger partial charge < -0.3 is 10.1 Å². The smallest absolute Gasteiger partial charge is 0.265 e. The number of anilines is 2. The van der Waals surface area contributed by atoms with Gasteiger partial charge in [0.05, 0.1) is 17.3 Å². The van der Waals surface area contributed by atoms with Gasteiger partial charge in [-0.1, -0.05) is 12.1 Å². The number of nitrogens with zero attached hydrogens (tertiary/aromatic N) is 2. The molecule has 24 heavy (non-hydrogen) atoms. The fourth-order valence-electron chi connectivity index (χ4n) is 2.50. The van der Waals surface area contributed by atoms with Crippen molar-refractivity contribution in [3.05, 3.63) is 53.6 Å². The fourth-order valence-corrected chi connectivity index (χ4v) is 2.50. The number of carbonyl (C=O) groups is 2. The number of hydrogen-bond acceptors (Lipinski definition) is 4. The Hall–Kier alpha value is -3.33. The number of aryl methyl sites for hydroxylation is 1. The zero-order valence-corrected chi connectivity index (χ0v) is 13.1. The molecule has 6 heteroatoms. The molecule has 0 aromatic heterocycles. The van der Waals surface area contributed by atoms with E-state index >= 15 is 0 Å². The van der Waals surface area contributed by atoms with Crippen LogP contribution >= 0.6 is 0 Å². The summed E-state index contributed by atoms with van der Waals surface area (Å²) < 4.78 is 5.42. The third kappa shape index (κ3) is 3.20. The minimum atomic E-state index is -0.341. The molecule has 120 valence electrons. The second-order valence-electron chi connectivity index (χ2n) is 5.48. The van der Waals surface area contributed by atoms with Crippen molar-refractivity contribution in [3.63, 3.8) is 0 Å². The molecule has 0 fully saturated rings. The van der Waals surface area contributed by atoms with Gasteiger partial charge in [0.25, 0.3) is 5.91 Å². The van der Waals surface area contributed by atoms with Gasteiger partial charge in [-0.05, 0) is 42.8 Å². The van der Waals surface area contributed by atoms with Crippen LogP contribution in [-0.2, 0) is 9.59 Å². The molecule has 0 aliphatic carbocycles. The Morgan fingerprint density at radius 3 is 2.96 bits per heavy atom. The van der Waals surface area contributed by atoms with Gasteiger partial charge in [0.15, 0.2) is 6.61 Å². The first kappa shape index (κ1) is 15.6. The van der Waals surface area contributed by atoms with Crippen LogP contribution in [0.1, 0.15) is 11.1 Å². The predicted molar refractivity (Wildman–Crippen MR) is 88.8 cm³/mol. The van der Waals surface area contributed by atoms with Gasteiger partial charge in [-0.25, -0.2) is 0 Å². The fraction of sp³-hybridized carbons (Fsp3) is 0.167. The minimum absolute atomic E-state index is 0.0896. The molecule has 1 aliphatic rings. The van der Waals surface area contributed by atoms with E-state index in [-0.39, 0.29) is 25.0 Å². The summed E-state index contributed by atoms with van der Waals surface area (Å²) in [5.41, 5.74) is 2.57. The maximum absolute atomic E-state index is 12.3. The molecule has 0 unspecified atom stereocenters. The summed E-state index contributed by atoms with van der Waals surface area (Å²) >= 11 is 0. The van der Waals surface area contributed by atoms with E-state index in [1.54, 1.807) is 30.3 Å². The molecule has 0 radical (unpaired) electrons. The predicted octanol–water partition coefficient (Wildman–Crippen LogP) is 2.23. The largest absolute Gasteiger partial charge is 0.482 e. The Balaban J connectivity index is 1.77. The summed E-state index contributed by atoms with van der Waals surface area (Å²) in [6.07, 6.45) is 0. The number of fused-ring (bicyclic) bond motifs is 1. The summed E-state index contributed by atoms with van der Waals surface area (Å²) in [5.74, 6) is -0.0204. The molecule has 1 N–H and O–H groups in total. The van der Waals surface area contributed by atoms with Gasteiger partial charge in [-0.2, -0.15) is 5.26 Å². The number of carbonyl (C=O) groups excluding carboxylic acids is 2. The lowest BCUT2D eigenvalue weighted by atomic mass is 10.1. The number of nitrogens with one attached hydrogen (secondary N) is 1. The molecule has 2 amide bonds. The molecule has 0 saturated carbocycles. The minimum Gasteiger partial charge on any atom is -0.482 e. The molecule has 1 heterocycles. The quantitative estimate of drug-likeness (QED) is 0.940. The number of rotatable bonds is 3. The molecule has 0 saturated heterocycles. The lowest BCUT2D eigenvalue weighted by Gasteiger charge is -2.29. The van der Waals surface area contributed by atoms with Crippen LogP contribution in [0.25, 0.3) is 0 Å². The van der Waals surface area contributed by atoms with Crippen LogP contribution < -0.4 is 15.0 Å². The Labute approximate surface area is 139 Å². The van der Waals surface area contributed by atoms with Crippen molar-refractivity contribution >= 4 is 23.2 Å². The van der Waals surface area contributed by atoms with E-state index < -0.39 is 0 Å². The number of nitriles is 1. The highest BCUT2D eigenvalue weighted by molar-refractivity contribution is 6.05. The third-order valence-corrected chi connectivity index (χ3v) is 3.64. The highest BCUT2D eigenvalue weighted by atomic mass is 16.5. The zero-order chi connectivity index (χ0) is 17.1. The van der Waals surface area contributed by atoms with Crippen molar-refractivity contribution in [2.75, 3.05) is 23.4 Å². The highest BCUT2D eigenvalue weighted by Crippen LogP contribution is 2.32. The molecular weight excluding hydrogens is 306 g/mol. The average molecular weight is 321 g/mol. The van der Waals surface area contributed by atoms with Gasteiger partial charge in [0.2, 0.25) is 5.91 Å². The average Bonchev–Trinajstić information content (AvgIpc) is 2.57. The van der Waals surface area contributed by atoms with Crippen LogP contribution in [-0.4, -0.2) is 25.0 Å². The molecule has 2 aromatic carbocycles.